The Labute approximate surface area is 166 Å². The second-order valence-corrected chi connectivity index (χ2v) is 7.22. The molecule has 1 unspecified atom stereocenters. The topological polar surface area (TPSA) is 71.0 Å². The quantitative estimate of drug-likeness (QED) is 0.827. The maximum atomic E-state index is 13.8. The molecule has 1 aliphatic rings. The van der Waals surface area contributed by atoms with Crippen molar-refractivity contribution in [2.75, 3.05) is 19.0 Å². The molecule has 28 heavy (non-hydrogen) atoms. The third kappa shape index (κ3) is 4.69. The predicted molar refractivity (Wildman–Crippen MR) is 109 cm³/mol. The van der Waals surface area contributed by atoms with Gasteiger partial charge in [0.2, 0.25) is 11.8 Å². The van der Waals surface area contributed by atoms with Crippen LogP contribution in [0, 0.1) is 5.82 Å². The first-order chi connectivity index (χ1) is 13.5. The Balaban J connectivity index is 1.76. The van der Waals surface area contributed by atoms with Gasteiger partial charge in [-0.25, -0.2) is 9.38 Å². The number of benzene rings is 2. The van der Waals surface area contributed by atoms with Crippen LogP contribution in [0.4, 0.5) is 15.8 Å². The van der Waals surface area contributed by atoms with Crippen LogP contribution in [0.1, 0.15) is 13.3 Å². The Morgan fingerprint density at radius 2 is 2.00 bits per heavy atom. The molecule has 0 aromatic heterocycles. The molecule has 0 radical (unpaired) electrons. The van der Waals surface area contributed by atoms with E-state index < -0.39 is 17.0 Å². The number of carbonyl (C=O) groups excluding carboxylic acids is 2. The number of rotatable bonds is 5. The van der Waals surface area contributed by atoms with Crippen molar-refractivity contribution in [2.45, 2.75) is 18.6 Å². The molecule has 1 saturated heterocycles. The number of hydrogen-bond donors (Lipinski definition) is 1. The summed E-state index contributed by atoms with van der Waals surface area (Å²) in [6.07, 6.45) is 0.0176. The van der Waals surface area contributed by atoms with Gasteiger partial charge in [0.05, 0.1) is 18.0 Å². The van der Waals surface area contributed by atoms with Crippen molar-refractivity contribution in [3.63, 3.8) is 0 Å². The van der Waals surface area contributed by atoms with Gasteiger partial charge in [-0.15, -0.1) is 0 Å². The zero-order valence-electron chi connectivity index (χ0n) is 15.5. The van der Waals surface area contributed by atoms with E-state index in [-0.39, 0.29) is 18.0 Å². The summed E-state index contributed by atoms with van der Waals surface area (Å²) in [5, 5.41) is 2.27. The van der Waals surface area contributed by atoms with Gasteiger partial charge in [0, 0.05) is 13.5 Å². The van der Waals surface area contributed by atoms with E-state index in [0.717, 1.165) is 5.75 Å². The fourth-order valence-electron chi connectivity index (χ4n) is 2.57. The van der Waals surface area contributed by atoms with Gasteiger partial charge in [0.1, 0.15) is 16.8 Å². The average molecular weight is 401 g/mol. The highest BCUT2D eigenvalue weighted by Gasteiger charge is 2.34. The second kappa shape index (κ2) is 8.88. The smallest absolute Gasteiger partial charge is 0.238 e. The Hall–Kier alpha value is -2.87. The Bertz CT molecular complexity index is 902. The van der Waals surface area contributed by atoms with Crippen LogP contribution in [0.15, 0.2) is 53.5 Å². The first-order valence-corrected chi connectivity index (χ1v) is 9.66. The van der Waals surface area contributed by atoms with Gasteiger partial charge in [-0.05, 0) is 43.3 Å². The maximum Gasteiger partial charge on any atom is 0.238 e. The minimum absolute atomic E-state index is 0.0176. The minimum Gasteiger partial charge on any atom is -0.494 e. The van der Waals surface area contributed by atoms with E-state index in [0.29, 0.717) is 17.5 Å². The molecule has 0 saturated carbocycles. The lowest BCUT2D eigenvalue weighted by atomic mass is 10.2. The molecule has 1 heterocycles. The number of para-hydroxylation sites is 1. The van der Waals surface area contributed by atoms with Crippen molar-refractivity contribution in [2.24, 2.45) is 4.99 Å². The molecule has 3 rings (SSSR count). The second-order valence-electron chi connectivity index (χ2n) is 6.05. The van der Waals surface area contributed by atoms with Gasteiger partial charge in [-0.2, -0.15) is 0 Å². The molecule has 2 aromatic carbocycles. The van der Waals surface area contributed by atoms with E-state index in [9.17, 15) is 14.0 Å². The molecule has 2 amide bonds. The van der Waals surface area contributed by atoms with Crippen LogP contribution in [0.5, 0.6) is 5.75 Å². The van der Waals surface area contributed by atoms with Gasteiger partial charge >= 0.3 is 0 Å². The third-order valence-corrected chi connectivity index (χ3v) is 5.31. The molecule has 2 aromatic rings. The first-order valence-electron chi connectivity index (χ1n) is 8.78. The van der Waals surface area contributed by atoms with Crippen LogP contribution in [-0.4, -0.2) is 40.8 Å². The van der Waals surface area contributed by atoms with Gasteiger partial charge in [-0.1, -0.05) is 23.9 Å². The van der Waals surface area contributed by atoms with Gasteiger partial charge < -0.3 is 10.1 Å². The lowest BCUT2D eigenvalue weighted by Crippen LogP contribution is -2.43. The molecule has 0 spiro atoms. The molecular formula is C20H20FN3O3S. The summed E-state index contributed by atoms with van der Waals surface area (Å²) < 4.78 is 19.2. The molecule has 1 fully saturated rings. The molecule has 146 valence electrons. The summed E-state index contributed by atoms with van der Waals surface area (Å²) in [5.74, 6) is -0.453. The van der Waals surface area contributed by atoms with E-state index in [1.54, 1.807) is 43.4 Å². The van der Waals surface area contributed by atoms with E-state index in [4.69, 9.17) is 4.74 Å². The molecule has 0 aliphatic carbocycles. The SMILES string of the molecule is CCOc1ccc(N=C2SC(C(=O)Nc3ccccc3F)CC(=O)N2C)cc1. The zero-order valence-corrected chi connectivity index (χ0v) is 16.3. The van der Waals surface area contributed by atoms with Crippen LogP contribution in [0.25, 0.3) is 0 Å². The largest absolute Gasteiger partial charge is 0.494 e. The number of carbonyl (C=O) groups is 2. The number of halogens is 1. The molecule has 8 heteroatoms. The van der Waals surface area contributed by atoms with Crippen LogP contribution in [-0.2, 0) is 9.59 Å². The summed E-state index contributed by atoms with van der Waals surface area (Å²) in [6.45, 7) is 2.47. The monoisotopic (exact) mass is 401 g/mol. The van der Waals surface area contributed by atoms with E-state index >= 15 is 0 Å². The number of nitrogens with one attached hydrogen (secondary N) is 1. The summed E-state index contributed by atoms with van der Waals surface area (Å²) >= 11 is 1.18. The van der Waals surface area contributed by atoms with Crippen LogP contribution in [0.3, 0.4) is 0 Å². The number of aliphatic imine (C=N–C) groups is 1. The van der Waals surface area contributed by atoms with Crippen molar-refractivity contribution in [3.8, 4) is 5.75 Å². The molecule has 0 bridgehead atoms. The summed E-state index contributed by atoms with van der Waals surface area (Å²) in [5.41, 5.74) is 0.727. The average Bonchev–Trinajstić information content (AvgIpc) is 2.68. The van der Waals surface area contributed by atoms with E-state index in [2.05, 4.69) is 10.3 Å². The molecule has 1 atom stereocenters. The maximum absolute atomic E-state index is 13.8. The minimum atomic E-state index is -0.690. The summed E-state index contributed by atoms with van der Waals surface area (Å²) in [6, 6.07) is 13.1. The van der Waals surface area contributed by atoms with Crippen LogP contribution >= 0.6 is 11.8 Å². The van der Waals surface area contributed by atoms with Crippen molar-refractivity contribution >= 4 is 40.1 Å². The van der Waals surface area contributed by atoms with E-state index in [1.807, 2.05) is 6.92 Å². The first kappa shape index (κ1) is 19.9. The lowest BCUT2D eigenvalue weighted by molar-refractivity contribution is -0.128. The summed E-state index contributed by atoms with van der Waals surface area (Å²) in [4.78, 5) is 30.8. The number of amidine groups is 1. The number of anilines is 1. The van der Waals surface area contributed by atoms with Crippen molar-refractivity contribution < 1.29 is 18.7 Å². The molecule has 6 nitrogen and oxygen atoms in total. The number of hydrogen-bond acceptors (Lipinski definition) is 5. The van der Waals surface area contributed by atoms with E-state index in [1.165, 1.54) is 28.8 Å². The fourth-order valence-corrected chi connectivity index (χ4v) is 3.63. The van der Waals surface area contributed by atoms with Crippen LogP contribution < -0.4 is 10.1 Å². The number of nitrogens with zero attached hydrogens (tertiary/aromatic N) is 2. The molecule has 1 N–H and O–H groups in total. The number of amides is 2. The van der Waals surface area contributed by atoms with Gasteiger partial charge in [0.25, 0.3) is 0 Å². The number of thioether (sulfide) groups is 1. The highest BCUT2D eigenvalue weighted by Crippen LogP contribution is 2.29. The number of ether oxygens (including phenoxy) is 1. The van der Waals surface area contributed by atoms with Gasteiger partial charge in [0.15, 0.2) is 5.17 Å². The zero-order chi connectivity index (χ0) is 20.1. The van der Waals surface area contributed by atoms with Crippen LogP contribution in [0.2, 0.25) is 0 Å². The predicted octanol–water partition coefficient (Wildman–Crippen LogP) is 3.81. The van der Waals surface area contributed by atoms with Gasteiger partial charge in [-0.3, -0.25) is 14.5 Å². The Morgan fingerprint density at radius 3 is 2.68 bits per heavy atom. The van der Waals surface area contributed by atoms with Crippen molar-refractivity contribution in [1.29, 1.82) is 0 Å². The highest BCUT2D eigenvalue weighted by atomic mass is 32.2. The lowest BCUT2D eigenvalue weighted by Gasteiger charge is -2.28. The normalized spacial score (nSPS) is 18.2. The Kier molecular flexibility index (Phi) is 6.30. The van der Waals surface area contributed by atoms with Crippen molar-refractivity contribution in [1.82, 2.24) is 4.90 Å². The molecule has 1 aliphatic heterocycles. The Morgan fingerprint density at radius 1 is 1.29 bits per heavy atom. The third-order valence-electron chi connectivity index (χ3n) is 4.07. The standard InChI is InChI=1S/C20H20FN3O3S/c1-3-27-14-10-8-13(9-11-14)22-20-24(2)18(25)12-17(28-20)19(26)23-16-7-5-4-6-15(16)21/h4-11,17H,3,12H2,1-2H3,(H,23,26). The fraction of sp³-hybridized carbons (Fsp3) is 0.250. The van der Waals surface area contributed by atoms with Crippen molar-refractivity contribution in [3.05, 3.63) is 54.3 Å². The summed E-state index contributed by atoms with van der Waals surface area (Å²) in [7, 11) is 1.62. The molecular weight excluding hydrogens is 381 g/mol. The highest BCUT2D eigenvalue weighted by molar-refractivity contribution is 8.15.